The molecule has 2 saturated heterocycles. The lowest BCUT2D eigenvalue weighted by atomic mass is 9.93. The van der Waals surface area contributed by atoms with Gasteiger partial charge in [-0.2, -0.15) is 17.5 Å². The maximum atomic E-state index is 13.0. The van der Waals surface area contributed by atoms with Crippen LogP contribution in [0.1, 0.15) is 25.7 Å². The average Bonchev–Trinajstić information content (AvgIpc) is 2.67. The van der Waals surface area contributed by atoms with Gasteiger partial charge in [0, 0.05) is 26.2 Å². The number of halogens is 3. The summed E-state index contributed by atoms with van der Waals surface area (Å²) in [6.07, 6.45) is -2.96. The standard InChI is InChI=1S/C18H23F3N2O3S/c19-18(20,21)15-7-5-10-22(13-15)17(24)14-6-4-11-23(12-14)27(25,26)16-8-2-1-3-9-16/h1-3,8-9,14-15H,4-7,10-13H2/t14-,15-/m0/s1. The Balaban J connectivity index is 1.70. The van der Waals surface area contributed by atoms with E-state index >= 15 is 0 Å². The number of sulfonamides is 1. The molecule has 2 aliphatic rings. The molecule has 0 spiro atoms. The molecule has 5 nitrogen and oxygen atoms in total. The van der Waals surface area contributed by atoms with E-state index in [1.165, 1.54) is 21.3 Å². The predicted molar refractivity (Wildman–Crippen MR) is 93.3 cm³/mol. The second kappa shape index (κ2) is 7.79. The minimum atomic E-state index is -4.31. The van der Waals surface area contributed by atoms with Crippen LogP contribution in [0.4, 0.5) is 13.2 Å². The summed E-state index contributed by atoms with van der Waals surface area (Å²) < 4.78 is 65.8. The Hall–Kier alpha value is -1.61. The lowest BCUT2D eigenvalue weighted by Crippen LogP contribution is -2.50. The largest absolute Gasteiger partial charge is 0.393 e. The Morgan fingerprint density at radius 1 is 1.00 bits per heavy atom. The molecule has 2 fully saturated rings. The van der Waals surface area contributed by atoms with Crippen molar-refractivity contribution in [3.05, 3.63) is 30.3 Å². The zero-order valence-corrected chi connectivity index (χ0v) is 15.7. The van der Waals surface area contributed by atoms with Crippen molar-refractivity contribution in [3.8, 4) is 0 Å². The van der Waals surface area contributed by atoms with Gasteiger partial charge in [-0.05, 0) is 37.8 Å². The SMILES string of the molecule is O=C([C@H]1CCCN(S(=O)(=O)c2ccccc2)C1)N1CCC[C@H](C(F)(F)F)C1. The number of hydrogen-bond donors (Lipinski definition) is 0. The van der Waals surface area contributed by atoms with Crippen molar-refractivity contribution in [3.63, 3.8) is 0 Å². The van der Waals surface area contributed by atoms with Crippen LogP contribution in [0.3, 0.4) is 0 Å². The third kappa shape index (κ3) is 4.45. The molecule has 9 heteroatoms. The normalized spacial score (nSPS) is 25.4. The molecule has 0 aliphatic carbocycles. The minimum Gasteiger partial charge on any atom is -0.342 e. The van der Waals surface area contributed by atoms with Crippen molar-refractivity contribution in [2.24, 2.45) is 11.8 Å². The van der Waals surface area contributed by atoms with Crippen LogP contribution in [0, 0.1) is 11.8 Å². The van der Waals surface area contributed by atoms with Gasteiger partial charge in [-0.15, -0.1) is 0 Å². The Morgan fingerprint density at radius 3 is 2.33 bits per heavy atom. The van der Waals surface area contributed by atoms with Gasteiger partial charge in [0.25, 0.3) is 0 Å². The van der Waals surface area contributed by atoms with Gasteiger partial charge in [0.15, 0.2) is 0 Å². The highest BCUT2D eigenvalue weighted by molar-refractivity contribution is 7.89. The monoisotopic (exact) mass is 404 g/mol. The lowest BCUT2D eigenvalue weighted by molar-refractivity contribution is -0.188. The average molecular weight is 404 g/mol. The van der Waals surface area contributed by atoms with Gasteiger partial charge in [-0.25, -0.2) is 8.42 Å². The number of carbonyl (C=O) groups is 1. The third-order valence-corrected chi connectivity index (χ3v) is 7.19. The molecule has 27 heavy (non-hydrogen) atoms. The van der Waals surface area contributed by atoms with Crippen molar-refractivity contribution in [2.45, 2.75) is 36.8 Å². The summed E-state index contributed by atoms with van der Waals surface area (Å²) in [7, 11) is -3.71. The van der Waals surface area contributed by atoms with E-state index in [0.29, 0.717) is 32.4 Å². The topological polar surface area (TPSA) is 57.7 Å². The number of piperidine rings is 2. The van der Waals surface area contributed by atoms with E-state index in [-0.39, 0.29) is 30.3 Å². The fourth-order valence-corrected chi connectivity index (χ4v) is 5.35. The number of alkyl halides is 3. The van der Waals surface area contributed by atoms with Crippen LogP contribution in [-0.2, 0) is 14.8 Å². The summed E-state index contributed by atoms with van der Waals surface area (Å²) in [5, 5.41) is 0. The Kier molecular flexibility index (Phi) is 5.81. The van der Waals surface area contributed by atoms with Crippen molar-refractivity contribution >= 4 is 15.9 Å². The first kappa shape index (κ1) is 20.1. The van der Waals surface area contributed by atoms with Crippen molar-refractivity contribution in [1.82, 2.24) is 9.21 Å². The zero-order chi connectivity index (χ0) is 19.7. The quantitative estimate of drug-likeness (QED) is 0.779. The van der Waals surface area contributed by atoms with E-state index in [1.54, 1.807) is 18.2 Å². The van der Waals surface area contributed by atoms with Gasteiger partial charge >= 0.3 is 6.18 Å². The molecule has 0 bridgehead atoms. The number of nitrogens with zero attached hydrogens (tertiary/aromatic N) is 2. The molecule has 1 aromatic carbocycles. The third-order valence-electron chi connectivity index (χ3n) is 5.31. The molecule has 1 amide bonds. The fourth-order valence-electron chi connectivity index (χ4n) is 3.81. The van der Waals surface area contributed by atoms with Gasteiger partial charge in [-0.3, -0.25) is 4.79 Å². The Morgan fingerprint density at radius 2 is 1.67 bits per heavy atom. The van der Waals surface area contributed by atoms with Gasteiger partial charge in [0.05, 0.1) is 16.7 Å². The molecular weight excluding hydrogens is 381 g/mol. The number of carbonyl (C=O) groups excluding carboxylic acids is 1. The first-order valence-corrected chi connectivity index (χ1v) is 10.5. The van der Waals surface area contributed by atoms with Crippen molar-refractivity contribution in [1.29, 1.82) is 0 Å². The molecule has 0 aromatic heterocycles. The molecule has 2 aliphatic heterocycles. The highest BCUT2D eigenvalue weighted by Crippen LogP contribution is 2.34. The molecule has 1 aromatic rings. The summed E-state index contributed by atoms with van der Waals surface area (Å²) in [5.74, 6) is -2.45. The fraction of sp³-hybridized carbons (Fsp3) is 0.611. The van der Waals surface area contributed by atoms with Crippen molar-refractivity contribution in [2.75, 3.05) is 26.2 Å². The van der Waals surface area contributed by atoms with E-state index in [2.05, 4.69) is 0 Å². The van der Waals surface area contributed by atoms with Gasteiger partial charge in [-0.1, -0.05) is 18.2 Å². The van der Waals surface area contributed by atoms with Gasteiger partial charge in [0.2, 0.25) is 15.9 Å². The summed E-state index contributed by atoms with van der Waals surface area (Å²) in [6.45, 7) is 0.299. The molecule has 2 atom stereocenters. The summed E-state index contributed by atoms with van der Waals surface area (Å²) >= 11 is 0. The molecule has 0 N–H and O–H groups in total. The number of hydrogen-bond acceptors (Lipinski definition) is 3. The van der Waals surface area contributed by atoms with Crippen LogP contribution in [0.15, 0.2) is 35.2 Å². The second-order valence-electron chi connectivity index (χ2n) is 7.18. The highest BCUT2D eigenvalue weighted by atomic mass is 32.2. The van der Waals surface area contributed by atoms with Crippen LogP contribution in [-0.4, -0.2) is 55.9 Å². The molecule has 150 valence electrons. The molecule has 3 rings (SSSR count). The summed E-state index contributed by atoms with van der Waals surface area (Å²) in [5.41, 5.74) is 0. The van der Waals surface area contributed by atoms with E-state index in [0.717, 1.165) is 0 Å². The first-order valence-electron chi connectivity index (χ1n) is 9.10. The van der Waals surface area contributed by atoms with Crippen molar-refractivity contribution < 1.29 is 26.4 Å². The maximum Gasteiger partial charge on any atom is 0.393 e. The van der Waals surface area contributed by atoms with Crippen LogP contribution in [0.5, 0.6) is 0 Å². The van der Waals surface area contributed by atoms with E-state index < -0.39 is 28.0 Å². The molecule has 0 radical (unpaired) electrons. The van der Waals surface area contributed by atoms with E-state index in [9.17, 15) is 26.4 Å². The summed E-state index contributed by atoms with van der Waals surface area (Å²) in [4.78, 5) is 14.2. The predicted octanol–water partition coefficient (Wildman–Crippen LogP) is 2.89. The highest BCUT2D eigenvalue weighted by Gasteiger charge is 2.44. The lowest BCUT2D eigenvalue weighted by Gasteiger charge is -2.38. The maximum absolute atomic E-state index is 13.0. The minimum absolute atomic E-state index is 0.0171. The van der Waals surface area contributed by atoms with Crippen LogP contribution in [0.2, 0.25) is 0 Å². The molecular formula is C18H23F3N2O3S. The first-order chi connectivity index (χ1) is 12.7. The van der Waals surface area contributed by atoms with E-state index in [4.69, 9.17) is 0 Å². The van der Waals surface area contributed by atoms with Crippen LogP contribution in [0.25, 0.3) is 0 Å². The number of amides is 1. The molecule has 0 saturated carbocycles. The second-order valence-corrected chi connectivity index (χ2v) is 9.12. The van der Waals surface area contributed by atoms with E-state index in [1.807, 2.05) is 0 Å². The van der Waals surface area contributed by atoms with Gasteiger partial charge < -0.3 is 4.90 Å². The smallest absolute Gasteiger partial charge is 0.342 e. The number of benzene rings is 1. The molecule has 0 unspecified atom stereocenters. The molecule has 2 heterocycles. The van der Waals surface area contributed by atoms with Gasteiger partial charge in [0.1, 0.15) is 0 Å². The number of rotatable bonds is 3. The summed E-state index contributed by atoms with van der Waals surface area (Å²) in [6, 6.07) is 7.97. The van der Waals surface area contributed by atoms with Crippen LogP contribution < -0.4 is 0 Å². The Labute approximate surface area is 157 Å². The zero-order valence-electron chi connectivity index (χ0n) is 14.9. The van der Waals surface area contributed by atoms with Crippen LogP contribution >= 0.6 is 0 Å². The number of likely N-dealkylation sites (tertiary alicyclic amines) is 1. The Bertz CT molecular complexity index is 768.